The second kappa shape index (κ2) is 7.87. The van der Waals surface area contributed by atoms with Crippen molar-refractivity contribution in [3.63, 3.8) is 0 Å². The van der Waals surface area contributed by atoms with Gasteiger partial charge < -0.3 is 10.2 Å². The lowest BCUT2D eigenvalue weighted by atomic mass is 10.1. The zero-order valence-corrected chi connectivity index (χ0v) is 13.4. The maximum atomic E-state index is 5.93. The number of para-hydroxylation sites is 1. The molecule has 0 fully saturated rings. The zero-order chi connectivity index (χ0) is 14.5. The molecule has 4 nitrogen and oxygen atoms in total. The van der Waals surface area contributed by atoms with Gasteiger partial charge in [0.25, 0.3) is 0 Å². The summed E-state index contributed by atoms with van der Waals surface area (Å²) in [6.45, 7) is 0.472. The third kappa shape index (κ3) is 4.02. The standard InChI is InChI=1S/C16H15N3OS.ClH/c17-16(19-10-14-7-3-9-20-14)21-11-13-5-1-4-12-6-2-8-18-15(12)13;/h1-9H,10-11H2,(H2,17,19);1H. The summed E-state index contributed by atoms with van der Waals surface area (Å²) in [5.74, 6) is 1.56. The molecule has 0 atom stereocenters. The lowest BCUT2D eigenvalue weighted by Gasteiger charge is -2.05. The number of fused-ring (bicyclic) bond motifs is 1. The van der Waals surface area contributed by atoms with Crippen molar-refractivity contribution in [3.8, 4) is 0 Å². The number of furan rings is 1. The van der Waals surface area contributed by atoms with Crippen LogP contribution in [0.3, 0.4) is 0 Å². The summed E-state index contributed by atoms with van der Waals surface area (Å²) in [6, 6.07) is 13.9. The van der Waals surface area contributed by atoms with Crippen molar-refractivity contribution in [2.75, 3.05) is 0 Å². The molecular weight excluding hydrogens is 318 g/mol. The van der Waals surface area contributed by atoms with Crippen LogP contribution in [0, 0.1) is 0 Å². The van der Waals surface area contributed by atoms with Gasteiger partial charge in [0.1, 0.15) is 5.76 Å². The van der Waals surface area contributed by atoms with Crippen molar-refractivity contribution in [2.45, 2.75) is 12.3 Å². The molecule has 2 aromatic heterocycles. The van der Waals surface area contributed by atoms with Gasteiger partial charge in [-0.3, -0.25) is 9.98 Å². The Morgan fingerprint density at radius 2 is 2.05 bits per heavy atom. The van der Waals surface area contributed by atoms with E-state index in [4.69, 9.17) is 10.2 Å². The van der Waals surface area contributed by atoms with Crippen molar-refractivity contribution in [1.29, 1.82) is 0 Å². The van der Waals surface area contributed by atoms with E-state index in [-0.39, 0.29) is 12.4 Å². The van der Waals surface area contributed by atoms with Gasteiger partial charge in [-0.1, -0.05) is 36.0 Å². The minimum atomic E-state index is 0. The highest BCUT2D eigenvalue weighted by atomic mass is 35.5. The summed E-state index contributed by atoms with van der Waals surface area (Å²) in [6.07, 6.45) is 3.45. The molecule has 22 heavy (non-hydrogen) atoms. The Labute approximate surface area is 139 Å². The quantitative estimate of drug-likeness (QED) is 0.579. The van der Waals surface area contributed by atoms with Crippen LogP contribution in [-0.2, 0) is 12.3 Å². The van der Waals surface area contributed by atoms with E-state index in [0.717, 1.165) is 28.0 Å². The van der Waals surface area contributed by atoms with Gasteiger partial charge in [0.05, 0.1) is 18.3 Å². The monoisotopic (exact) mass is 333 g/mol. The Balaban J connectivity index is 0.00000176. The molecule has 0 radical (unpaired) electrons. The SMILES string of the molecule is Cl.NC(=NCc1ccco1)SCc1cccc2cccnc12. The molecule has 3 rings (SSSR count). The first-order valence-corrected chi connectivity index (χ1v) is 7.59. The van der Waals surface area contributed by atoms with E-state index in [0.29, 0.717) is 11.7 Å². The number of hydrogen-bond donors (Lipinski definition) is 1. The van der Waals surface area contributed by atoms with Gasteiger partial charge in [0.15, 0.2) is 5.17 Å². The number of pyridine rings is 1. The van der Waals surface area contributed by atoms with E-state index in [1.807, 2.05) is 30.5 Å². The second-order valence-electron chi connectivity index (χ2n) is 4.51. The highest BCUT2D eigenvalue weighted by Crippen LogP contribution is 2.21. The third-order valence-corrected chi connectivity index (χ3v) is 3.94. The minimum Gasteiger partial charge on any atom is -0.467 e. The smallest absolute Gasteiger partial charge is 0.154 e. The molecule has 0 bridgehead atoms. The Hall–Kier alpha value is -1.98. The van der Waals surface area contributed by atoms with Crippen LogP contribution in [0.4, 0.5) is 0 Å². The average Bonchev–Trinajstić information content (AvgIpc) is 3.04. The van der Waals surface area contributed by atoms with Gasteiger partial charge >= 0.3 is 0 Å². The molecule has 6 heteroatoms. The summed E-state index contributed by atoms with van der Waals surface area (Å²) in [5, 5.41) is 1.70. The normalized spacial score (nSPS) is 11.4. The summed E-state index contributed by atoms with van der Waals surface area (Å²) >= 11 is 1.51. The Morgan fingerprint density at radius 1 is 1.18 bits per heavy atom. The first-order chi connectivity index (χ1) is 10.3. The molecule has 2 N–H and O–H groups in total. The Bertz CT molecular complexity index is 754. The molecule has 3 aromatic rings. The van der Waals surface area contributed by atoms with E-state index in [1.54, 1.807) is 6.26 Å². The van der Waals surface area contributed by atoms with Crippen LogP contribution in [0.1, 0.15) is 11.3 Å². The lowest BCUT2D eigenvalue weighted by Crippen LogP contribution is -2.07. The number of hydrogen-bond acceptors (Lipinski definition) is 4. The maximum Gasteiger partial charge on any atom is 0.154 e. The maximum absolute atomic E-state index is 5.93. The summed E-state index contributed by atoms with van der Waals surface area (Å²) in [5.41, 5.74) is 8.11. The molecule has 0 saturated heterocycles. The van der Waals surface area contributed by atoms with Crippen LogP contribution < -0.4 is 5.73 Å². The zero-order valence-electron chi connectivity index (χ0n) is 11.8. The van der Waals surface area contributed by atoms with E-state index in [9.17, 15) is 0 Å². The fourth-order valence-corrected chi connectivity index (χ4v) is 2.73. The molecule has 0 aliphatic heterocycles. The predicted molar refractivity (Wildman–Crippen MR) is 94.3 cm³/mol. The highest BCUT2D eigenvalue weighted by Gasteiger charge is 2.03. The first kappa shape index (κ1) is 16.4. The predicted octanol–water partition coefficient (Wildman–Crippen LogP) is 4.00. The topological polar surface area (TPSA) is 64.4 Å². The molecular formula is C16H16ClN3OS. The third-order valence-electron chi connectivity index (χ3n) is 3.06. The summed E-state index contributed by atoms with van der Waals surface area (Å²) in [4.78, 5) is 8.74. The number of thioether (sulfide) groups is 1. The van der Waals surface area contributed by atoms with Crippen molar-refractivity contribution in [2.24, 2.45) is 10.7 Å². The minimum absolute atomic E-state index is 0. The average molecular weight is 334 g/mol. The molecule has 0 saturated carbocycles. The molecule has 0 amide bonds. The Morgan fingerprint density at radius 3 is 2.86 bits per heavy atom. The van der Waals surface area contributed by atoms with Gasteiger partial charge in [-0.15, -0.1) is 12.4 Å². The number of aromatic nitrogens is 1. The lowest BCUT2D eigenvalue weighted by molar-refractivity contribution is 0.513. The van der Waals surface area contributed by atoms with Crippen LogP contribution in [0.15, 0.2) is 64.3 Å². The molecule has 2 heterocycles. The van der Waals surface area contributed by atoms with Crippen LogP contribution in [0.2, 0.25) is 0 Å². The van der Waals surface area contributed by atoms with Crippen LogP contribution in [0.25, 0.3) is 10.9 Å². The number of aliphatic imine (C=N–C) groups is 1. The van der Waals surface area contributed by atoms with Gasteiger partial charge in [-0.25, -0.2) is 0 Å². The van der Waals surface area contributed by atoms with E-state index < -0.39 is 0 Å². The molecule has 0 unspecified atom stereocenters. The summed E-state index contributed by atoms with van der Waals surface area (Å²) in [7, 11) is 0. The first-order valence-electron chi connectivity index (χ1n) is 6.60. The number of amidine groups is 1. The fraction of sp³-hybridized carbons (Fsp3) is 0.125. The molecule has 0 aliphatic rings. The molecule has 114 valence electrons. The fourth-order valence-electron chi connectivity index (χ4n) is 2.04. The number of halogens is 1. The van der Waals surface area contributed by atoms with Crippen molar-refractivity contribution < 1.29 is 4.42 Å². The summed E-state index contributed by atoms with van der Waals surface area (Å²) < 4.78 is 5.22. The molecule has 0 spiro atoms. The van der Waals surface area contributed by atoms with Gasteiger partial charge in [-0.05, 0) is 23.8 Å². The van der Waals surface area contributed by atoms with Crippen LogP contribution in [0.5, 0.6) is 0 Å². The van der Waals surface area contributed by atoms with Crippen LogP contribution in [-0.4, -0.2) is 10.2 Å². The number of nitrogens with two attached hydrogens (primary N) is 1. The van der Waals surface area contributed by atoms with Gasteiger partial charge in [0, 0.05) is 17.3 Å². The largest absolute Gasteiger partial charge is 0.467 e. The number of rotatable bonds is 4. The van der Waals surface area contributed by atoms with Gasteiger partial charge in [-0.2, -0.15) is 0 Å². The van der Waals surface area contributed by atoms with E-state index >= 15 is 0 Å². The van der Waals surface area contributed by atoms with Crippen molar-refractivity contribution in [1.82, 2.24) is 4.98 Å². The highest BCUT2D eigenvalue weighted by molar-refractivity contribution is 8.13. The second-order valence-corrected chi connectivity index (χ2v) is 5.51. The number of nitrogens with zero attached hydrogens (tertiary/aromatic N) is 2. The van der Waals surface area contributed by atoms with E-state index in [2.05, 4.69) is 28.2 Å². The van der Waals surface area contributed by atoms with Crippen molar-refractivity contribution in [3.05, 3.63) is 66.2 Å². The Kier molecular flexibility index (Phi) is 5.86. The molecule has 1 aromatic carbocycles. The number of benzene rings is 1. The van der Waals surface area contributed by atoms with Crippen LogP contribution >= 0.6 is 24.2 Å². The van der Waals surface area contributed by atoms with Crippen molar-refractivity contribution >= 4 is 40.2 Å². The van der Waals surface area contributed by atoms with E-state index in [1.165, 1.54) is 11.8 Å². The molecule has 0 aliphatic carbocycles. The van der Waals surface area contributed by atoms with Gasteiger partial charge in [0.2, 0.25) is 0 Å².